The van der Waals surface area contributed by atoms with E-state index in [-0.39, 0.29) is 23.8 Å². The van der Waals surface area contributed by atoms with Crippen LogP contribution in [0.15, 0.2) is 79.5 Å². The van der Waals surface area contributed by atoms with Crippen LogP contribution in [0.3, 0.4) is 0 Å². The SMILES string of the molecule is CN1C(=O)C(=Cc2cc(Br)c(OCc3ccc([N+](=O)[O-])cc3)c(Br)c2)SC1=Nc1cccc(C(=O)O)c1. The molecule has 9 nitrogen and oxygen atoms in total. The van der Waals surface area contributed by atoms with Gasteiger partial charge in [0.2, 0.25) is 0 Å². The third kappa shape index (κ3) is 6.27. The lowest BCUT2D eigenvalue weighted by Crippen LogP contribution is -2.23. The Hall–Kier alpha value is -3.48. The van der Waals surface area contributed by atoms with E-state index in [1.54, 1.807) is 37.4 Å². The fraction of sp³-hybridized carbons (Fsp3) is 0.0800. The van der Waals surface area contributed by atoms with Gasteiger partial charge < -0.3 is 9.84 Å². The number of rotatable bonds is 7. The fourth-order valence-electron chi connectivity index (χ4n) is 3.29. The molecule has 188 valence electrons. The molecular weight excluding hydrogens is 630 g/mol. The normalized spacial score (nSPS) is 15.4. The summed E-state index contributed by atoms with van der Waals surface area (Å²) in [6.07, 6.45) is 1.73. The van der Waals surface area contributed by atoms with Gasteiger partial charge in [0.25, 0.3) is 11.6 Å². The first-order chi connectivity index (χ1) is 17.6. The number of benzene rings is 3. The summed E-state index contributed by atoms with van der Waals surface area (Å²) in [5, 5.41) is 20.4. The zero-order chi connectivity index (χ0) is 26.7. The Morgan fingerprint density at radius 2 is 1.84 bits per heavy atom. The Balaban J connectivity index is 1.51. The van der Waals surface area contributed by atoms with Crippen LogP contribution < -0.4 is 4.74 Å². The molecular formula is C25H17Br2N3O6S. The summed E-state index contributed by atoms with van der Waals surface area (Å²) in [6, 6.07) is 15.9. The lowest BCUT2D eigenvalue weighted by Gasteiger charge is -2.11. The maximum absolute atomic E-state index is 12.8. The van der Waals surface area contributed by atoms with E-state index in [9.17, 15) is 24.8 Å². The first-order valence-corrected chi connectivity index (χ1v) is 13.0. The van der Waals surface area contributed by atoms with Gasteiger partial charge in [0.1, 0.15) is 12.4 Å². The molecule has 1 N–H and O–H groups in total. The van der Waals surface area contributed by atoms with Crippen LogP contribution >= 0.6 is 43.6 Å². The van der Waals surface area contributed by atoms with E-state index in [0.29, 0.717) is 30.5 Å². The van der Waals surface area contributed by atoms with Crippen molar-refractivity contribution in [3.8, 4) is 5.75 Å². The molecule has 1 saturated heterocycles. The van der Waals surface area contributed by atoms with Crippen molar-refractivity contribution >= 4 is 78.1 Å². The van der Waals surface area contributed by atoms with Crippen LogP contribution in [0.5, 0.6) is 5.75 Å². The van der Waals surface area contributed by atoms with E-state index in [1.807, 2.05) is 12.1 Å². The Morgan fingerprint density at radius 3 is 2.46 bits per heavy atom. The minimum atomic E-state index is -1.05. The van der Waals surface area contributed by atoms with E-state index in [1.165, 1.54) is 40.9 Å². The van der Waals surface area contributed by atoms with E-state index in [2.05, 4.69) is 36.9 Å². The molecule has 1 aliphatic rings. The molecule has 0 aliphatic carbocycles. The van der Waals surface area contributed by atoms with Gasteiger partial charge in [-0.15, -0.1) is 0 Å². The summed E-state index contributed by atoms with van der Waals surface area (Å²) in [6.45, 7) is 0.206. The van der Waals surface area contributed by atoms with E-state index >= 15 is 0 Å². The number of likely N-dealkylation sites (N-methyl/N-ethyl adjacent to an activating group) is 1. The topological polar surface area (TPSA) is 122 Å². The van der Waals surface area contributed by atoms with Crippen LogP contribution in [0.1, 0.15) is 21.5 Å². The van der Waals surface area contributed by atoms with Gasteiger partial charge in [0.15, 0.2) is 5.17 Å². The van der Waals surface area contributed by atoms with Crippen molar-refractivity contribution in [2.75, 3.05) is 7.05 Å². The number of ether oxygens (including phenoxy) is 1. The second-order valence-corrected chi connectivity index (χ2v) is 10.5. The van der Waals surface area contributed by atoms with Crippen molar-refractivity contribution in [2.24, 2.45) is 4.99 Å². The monoisotopic (exact) mass is 645 g/mol. The number of aliphatic imine (C=N–C) groups is 1. The number of amidine groups is 1. The van der Waals surface area contributed by atoms with Crippen LogP contribution in [0.4, 0.5) is 11.4 Å². The lowest BCUT2D eigenvalue weighted by atomic mass is 10.2. The number of carboxylic acid groups (broad SMARTS) is 1. The summed E-state index contributed by atoms with van der Waals surface area (Å²) < 4.78 is 7.20. The Kier molecular flexibility index (Phi) is 8.10. The molecule has 3 aromatic carbocycles. The van der Waals surface area contributed by atoms with Gasteiger partial charge in [0, 0.05) is 19.2 Å². The lowest BCUT2D eigenvalue weighted by molar-refractivity contribution is -0.384. The highest BCUT2D eigenvalue weighted by Gasteiger charge is 2.30. The summed E-state index contributed by atoms with van der Waals surface area (Å²) in [5.74, 6) is -0.741. The van der Waals surface area contributed by atoms with Crippen molar-refractivity contribution in [1.82, 2.24) is 4.90 Å². The second kappa shape index (κ2) is 11.3. The smallest absolute Gasteiger partial charge is 0.335 e. The standard InChI is InChI=1S/C25H17Br2N3O6S/c1-29-23(31)21(37-25(29)28-17-4-2-3-16(12-17)24(32)33)11-15-9-19(26)22(20(27)10-15)36-13-14-5-7-18(8-6-14)30(34)35/h2-12H,13H2,1H3,(H,32,33). The number of non-ortho nitro benzene ring substituents is 1. The number of carbonyl (C=O) groups excluding carboxylic acids is 1. The molecule has 37 heavy (non-hydrogen) atoms. The largest absolute Gasteiger partial charge is 0.487 e. The number of hydrogen-bond acceptors (Lipinski definition) is 7. The highest BCUT2D eigenvalue weighted by molar-refractivity contribution is 9.11. The number of nitrogens with zero attached hydrogens (tertiary/aromatic N) is 3. The quantitative estimate of drug-likeness (QED) is 0.174. The molecule has 0 radical (unpaired) electrons. The first-order valence-electron chi connectivity index (χ1n) is 10.6. The summed E-state index contributed by atoms with van der Waals surface area (Å²) in [7, 11) is 1.61. The number of aromatic carboxylic acids is 1. The molecule has 1 heterocycles. The van der Waals surface area contributed by atoms with Crippen molar-refractivity contribution < 1.29 is 24.4 Å². The van der Waals surface area contributed by atoms with Crippen molar-refractivity contribution in [3.63, 3.8) is 0 Å². The Bertz CT molecular complexity index is 1450. The average Bonchev–Trinajstić information content (AvgIpc) is 3.11. The van der Waals surface area contributed by atoms with Gasteiger partial charge in [-0.2, -0.15) is 0 Å². The van der Waals surface area contributed by atoms with Crippen LogP contribution in [0, 0.1) is 10.1 Å². The van der Waals surface area contributed by atoms with Crippen LogP contribution in [0.25, 0.3) is 6.08 Å². The highest BCUT2D eigenvalue weighted by Crippen LogP contribution is 2.38. The number of carbonyl (C=O) groups is 2. The van der Waals surface area contributed by atoms with Gasteiger partial charge in [-0.3, -0.25) is 19.8 Å². The molecule has 0 atom stereocenters. The molecule has 0 spiro atoms. The van der Waals surface area contributed by atoms with Crippen LogP contribution in [-0.2, 0) is 11.4 Å². The maximum Gasteiger partial charge on any atom is 0.335 e. The Morgan fingerprint density at radius 1 is 1.16 bits per heavy atom. The molecule has 3 aromatic rings. The molecule has 0 saturated carbocycles. The van der Waals surface area contributed by atoms with Crippen molar-refractivity contribution in [3.05, 3.63) is 101 Å². The van der Waals surface area contributed by atoms with Crippen molar-refractivity contribution in [2.45, 2.75) is 6.61 Å². The summed E-state index contributed by atoms with van der Waals surface area (Å²) in [4.78, 5) is 40.7. The molecule has 1 amide bonds. The van der Waals surface area contributed by atoms with Gasteiger partial charge in [-0.1, -0.05) is 6.07 Å². The number of carboxylic acids is 1. The number of hydrogen-bond donors (Lipinski definition) is 1. The third-order valence-corrected chi connectivity index (χ3v) is 7.41. The van der Waals surface area contributed by atoms with Gasteiger partial charge in [-0.05, 0) is 103 Å². The summed E-state index contributed by atoms with van der Waals surface area (Å²) >= 11 is 8.20. The van der Waals surface area contributed by atoms with Crippen LogP contribution in [0.2, 0.25) is 0 Å². The maximum atomic E-state index is 12.8. The average molecular weight is 647 g/mol. The molecule has 1 aliphatic heterocycles. The van der Waals surface area contributed by atoms with E-state index in [0.717, 1.165) is 11.1 Å². The fourth-order valence-corrected chi connectivity index (χ4v) is 5.73. The van der Waals surface area contributed by atoms with Gasteiger partial charge >= 0.3 is 5.97 Å². The van der Waals surface area contributed by atoms with E-state index < -0.39 is 10.9 Å². The first kappa shape index (κ1) is 26.6. The predicted molar refractivity (Wildman–Crippen MR) is 148 cm³/mol. The summed E-state index contributed by atoms with van der Waals surface area (Å²) in [5.41, 5.74) is 2.06. The predicted octanol–water partition coefficient (Wildman–Crippen LogP) is 6.63. The molecule has 0 unspecified atom stereocenters. The number of halogens is 2. The number of nitro benzene ring substituents is 1. The molecule has 4 rings (SSSR count). The number of nitro groups is 1. The second-order valence-electron chi connectivity index (χ2n) is 7.75. The minimum absolute atomic E-state index is 0.00968. The number of amides is 1. The number of thioether (sulfide) groups is 1. The molecule has 12 heteroatoms. The molecule has 1 fully saturated rings. The van der Waals surface area contributed by atoms with Gasteiger partial charge in [0.05, 0.1) is 30.0 Å². The van der Waals surface area contributed by atoms with Crippen LogP contribution in [-0.4, -0.2) is 39.0 Å². The molecule has 0 aromatic heterocycles. The van der Waals surface area contributed by atoms with Gasteiger partial charge in [-0.25, -0.2) is 9.79 Å². The van der Waals surface area contributed by atoms with Crippen molar-refractivity contribution in [1.29, 1.82) is 0 Å². The Labute approximate surface area is 232 Å². The minimum Gasteiger partial charge on any atom is -0.487 e. The zero-order valence-electron chi connectivity index (χ0n) is 19.1. The van der Waals surface area contributed by atoms with E-state index in [4.69, 9.17) is 4.74 Å². The molecule has 0 bridgehead atoms. The highest BCUT2D eigenvalue weighted by atomic mass is 79.9. The third-order valence-electron chi connectivity index (χ3n) is 5.17. The zero-order valence-corrected chi connectivity index (χ0v) is 23.0.